The van der Waals surface area contributed by atoms with Crippen LogP contribution in [0.2, 0.25) is 0 Å². The second kappa shape index (κ2) is 7.36. The Hall–Kier alpha value is -2.93. The summed E-state index contributed by atoms with van der Waals surface area (Å²) in [5.74, 6) is 0.525. The molecule has 2 aromatic carbocycles. The molecule has 0 bridgehead atoms. The number of hydrogen-bond acceptors (Lipinski definition) is 3. The number of nitrogens with zero attached hydrogens (tertiary/aromatic N) is 2. The van der Waals surface area contributed by atoms with E-state index in [4.69, 9.17) is 17.0 Å². The lowest BCUT2D eigenvalue weighted by Gasteiger charge is -2.37. The van der Waals surface area contributed by atoms with Crippen molar-refractivity contribution in [3.8, 4) is 5.75 Å². The molecule has 0 radical (unpaired) electrons. The van der Waals surface area contributed by atoms with Gasteiger partial charge in [0.2, 0.25) is 0 Å². The number of halogens is 1. The maximum absolute atomic E-state index is 13.4. The largest absolute Gasteiger partial charge is 0.497 e. The molecule has 0 spiro atoms. The summed E-state index contributed by atoms with van der Waals surface area (Å²) in [5, 5.41) is 3.89. The fraction of sp³-hybridized carbons (Fsp3) is 0.200. The molecule has 1 aromatic heterocycles. The average Bonchev–Trinajstić information content (AvgIpc) is 3.17. The number of anilines is 1. The minimum atomic E-state index is -0.262. The lowest BCUT2D eigenvalue weighted by molar-refractivity contribution is 0.336. The van der Waals surface area contributed by atoms with Gasteiger partial charge in [-0.3, -0.25) is 0 Å². The molecule has 1 aliphatic heterocycles. The summed E-state index contributed by atoms with van der Waals surface area (Å²) < 4.78 is 18.6. The van der Waals surface area contributed by atoms with E-state index < -0.39 is 0 Å². The molecule has 1 aliphatic rings. The zero-order valence-electron chi connectivity index (χ0n) is 14.8. The van der Waals surface area contributed by atoms with Crippen LogP contribution in [0, 0.1) is 5.82 Å². The number of imidazole rings is 1. The van der Waals surface area contributed by atoms with Gasteiger partial charge < -0.3 is 19.9 Å². The predicted octanol–water partition coefficient (Wildman–Crippen LogP) is 3.90. The number of ether oxygens (including phenoxy) is 1. The first kappa shape index (κ1) is 17.5. The zero-order valence-corrected chi connectivity index (χ0v) is 15.6. The summed E-state index contributed by atoms with van der Waals surface area (Å²) in [5.41, 5.74) is 3.84. The van der Waals surface area contributed by atoms with Gasteiger partial charge in [0.1, 0.15) is 17.6 Å². The monoisotopic (exact) mass is 382 g/mol. The summed E-state index contributed by atoms with van der Waals surface area (Å²) in [7, 11) is 1.63. The van der Waals surface area contributed by atoms with Gasteiger partial charge >= 0.3 is 0 Å². The fourth-order valence-electron chi connectivity index (χ4n) is 3.35. The molecule has 0 unspecified atom stereocenters. The Morgan fingerprint density at radius 1 is 1.22 bits per heavy atom. The summed E-state index contributed by atoms with van der Waals surface area (Å²) in [6.45, 7) is 0.735. The van der Waals surface area contributed by atoms with Crippen LogP contribution in [0.5, 0.6) is 5.75 Å². The molecule has 27 heavy (non-hydrogen) atoms. The van der Waals surface area contributed by atoms with Crippen molar-refractivity contribution >= 4 is 23.0 Å². The van der Waals surface area contributed by atoms with E-state index in [0.29, 0.717) is 5.11 Å². The lowest BCUT2D eigenvalue weighted by Crippen LogP contribution is -2.43. The summed E-state index contributed by atoms with van der Waals surface area (Å²) in [6, 6.07) is 13.9. The molecule has 2 heterocycles. The SMILES string of the molecule is COc1ccc(NC(=S)N2CCc3[nH]cnc3[C@H]2c2ccc(F)cc2)cc1. The van der Waals surface area contributed by atoms with Crippen molar-refractivity contribution in [1.29, 1.82) is 0 Å². The number of nitrogens with one attached hydrogen (secondary N) is 2. The van der Waals surface area contributed by atoms with Gasteiger partial charge in [-0.15, -0.1) is 0 Å². The Bertz CT molecular complexity index is 939. The van der Waals surface area contributed by atoms with E-state index >= 15 is 0 Å². The molecule has 0 fully saturated rings. The fourth-order valence-corrected chi connectivity index (χ4v) is 3.66. The summed E-state index contributed by atoms with van der Waals surface area (Å²) in [6.07, 6.45) is 2.52. The maximum Gasteiger partial charge on any atom is 0.174 e. The summed E-state index contributed by atoms with van der Waals surface area (Å²) >= 11 is 5.69. The second-order valence-electron chi connectivity index (χ2n) is 6.32. The maximum atomic E-state index is 13.4. The van der Waals surface area contributed by atoms with Crippen LogP contribution < -0.4 is 10.1 Å². The van der Waals surface area contributed by atoms with Crippen LogP contribution in [0.3, 0.4) is 0 Å². The highest BCUT2D eigenvalue weighted by atomic mass is 32.1. The molecule has 3 aromatic rings. The molecule has 7 heteroatoms. The van der Waals surface area contributed by atoms with Crippen LogP contribution in [0.15, 0.2) is 54.9 Å². The highest BCUT2D eigenvalue weighted by Gasteiger charge is 2.32. The van der Waals surface area contributed by atoms with E-state index in [1.165, 1.54) is 12.1 Å². The average molecular weight is 382 g/mol. The topological polar surface area (TPSA) is 53.2 Å². The number of thiocarbonyl (C=S) groups is 1. The summed E-state index contributed by atoms with van der Waals surface area (Å²) in [4.78, 5) is 9.80. The van der Waals surface area contributed by atoms with Crippen molar-refractivity contribution in [2.24, 2.45) is 0 Å². The Balaban J connectivity index is 1.63. The third-order valence-electron chi connectivity index (χ3n) is 4.71. The molecule has 2 N–H and O–H groups in total. The van der Waals surface area contributed by atoms with Crippen molar-refractivity contribution in [3.05, 3.63) is 77.6 Å². The van der Waals surface area contributed by atoms with Crippen molar-refractivity contribution in [3.63, 3.8) is 0 Å². The van der Waals surface area contributed by atoms with Crippen molar-refractivity contribution < 1.29 is 9.13 Å². The third kappa shape index (κ3) is 3.50. The quantitative estimate of drug-likeness (QED) is 0.673. The number of methoxy groups -OCH3 is 1. The van der Waals surface area contributed by atoms with Gasteiger partial charge in [0.25, 0.3) is 0 Å². The van der Waals surface area contributed by atoms with Gasteiger partial charge in [0.15, 0.2) is 5.11 Å². The number of H-pyrrole nitrogens is 1. The predicted molar refractivity (Wildman–Crippen MR) is 106 cm³/mol. The second-order valence-corrected chi connectivity index (χ2v) is 6.71. The van der Waals surface area contributed by atoms with Gasteiger partial charge in [-0.2, -0.15) is 0 Å². The Labute approximate surface area is 162 Å². The van der Waals surface area contributed by atoms with Crippen LogP contribution in [0.25, 0.3) is 0 Å². The molecule has 0 saturated heterocycles. The minimum Gasteiger partial charge on any atom is -0.497 e. The highest BCUT2D eigenvalue weighted by molar-refractivity contribution is 7.80. The minimum absolute atomic E-state index is 0.168. The van der Waals surface area contributed by atoms with Gasteiger partial charge in [0, 0.05) is 24.3 Å². The van der Waals surface area contributed by atoms with E-state index in [9.17, 15) is 4.39 Å². The van der Waals surface area contributed by atoms with E-state index in [-0.39, 0.29) is 11.9 Å². The first-order valence-corrected chi connectivity index (χ1v) is 9.06. The number of fused-ring (bicyclic) bond motifs is 1. The van der Waals surface area contributed by atoms with Crippen molar-refractivity contribution in [2.75, 3.05) is 19.0 Å². The number of aromatic amines is 1. The molecular formula is C20H19FN4OS. The first-order valence-electron chi connectivity index (χ1n) is 8.65. The van der Waals surface area contributed by atoms with Crippen molar-refractivity contribution in [2.45, 2.75) is 12.5 Å². The van der Waals surface area contributed by atoms with Crippen LogP contribution in [-0.4, -0.2) is 33.6 Å². The zero-order chi connectivity index (χ0) is 18.8. The first-order chi connectivity index (χ1) is 13.2. The number of aromatic nitrogens is 2. The Kier molecular flexibility index (Phi) is 4.77. The van der Waals surface area contributed by atoms with Crippen LogP contribution >= 0.6 is 12.2 Å². The molecular weight excluding hydrogens is 363 g/mol. The van der Waals surface area contributed by atoms with Gasteiger partial charge in [0.05, 0.1) is 19.1 Å². The Morgan fingerprint density at radius 2 is 1.96 bits per heavy atom. The van der Waals surface area contributed by atoms with E-state index in [2.05, 4.69) is 20.2 Å². The molecule has 4 rings (SSSR count). The molecule has 138 valence electrons. The van der Waals surface area contributed by atoms with E-state index in [0.717, 1.165) is 41.4 Å². The van der Waals surface area contributed by atoms with Gasteiger partial charge in [-0.1, -0.05) is 12.1 Å². The van der Waals surface area contributed by atoms with Crippen LogP contribution in [0.1, 0.15) is 23.0 Å². The van der Waals surface area contributed by atoms with E-state index in [1.54, 1.807) is 25.6 Å². The molecule has 0 aliphatic carbocycles. The Morgan fingerprint density at radius 3 is 2.67 bits per heavy atom. The normalized spacial score (nSPS) is 15.9. The molecule has 0 amide bonds. The van der Waals surface area contributed by atoms with Crippen molar-refractivity contribution in [1.82, 2.24) is 14.9 Å². The van der Waals surface area contributed by atoms with Gasteiger partial charge in [-0.25, -0.2) is 9.37 Å². The number of benzene rings is 2. The van der Waals surface area contributed by atoms with E-state index in [1.807, 2.05) is 24.3 Å². The van der Waals surface area contributed by atoms with Crippen LogP contribution in [0.4, 0.5) is 10.1 Å². The lowest BCUT2D eigenvalue weighted by atomic mass is 9.96. The number of hydrogen-bond donors (Lipinski definition) is 2. The number of rotatable bonds is 3. The standard InChI is InChI=1S/C20H19FN4OS/c1-26-16-8-6-15(7-9-16)24-20(27)25-11-10-17-18(23-12-22-17)19(25)13-2-4-14(21)5-3-13/h2-9,12,19H,10-11H2,1H3,(H,22,23)(H,24,27)/t19-/m1/s1. The molecule has 1 atom stereocenters. The molecule has 5 nitrogen and oxygen atoms in total. The molecule has 0 saturated carbocycles. The van der Waals surface area contributed by atoms with Crippen LogP contribution in [-0.2, 0) is 6.42 Å². The highest BCUT2D eigenvalue weighted by Crippen LogP contribution is 2.34. The smallest absolute Gasteiger partial charge is 0.174 e. The third-order valence-corrected chi connectivity index (χ3v) is 5.05. The van der Waals surface area contributed by atoms with Gasteiger partial charge in [-0.05, 0) is 54.2 Å².